The minimum absolute atomic E-state index is 0.00411. The fourth-order valence-corrected chi connectivity index (χ4v) is 3.53. The van der Waals surface area contributed by atoms with Crippen molar-refractivity contribution in [2.24, 2.45) is 0 Å². The average Bonchev–Trinajstić information content (AvgIpc) is 3.12. The lowest BCUT2D eigenvalue weighted by Gasteiger charge is -2.36. The van der Waals surface area contributed by atoms with Crippen LogP contribution in [0.5, 0.6) is 0 Å². The maximum atomic E-state index is 12.3. The number of aromatic nitrogens is 1. The second kappa shape index (κ2) is 8.09. The number of carbonyl (C=O) groups is 2. The summed E-state index contributed by atoms with van der Waals surface area (Å²) in [5.41, 5.74) is 2.43. The van der Waals surface area contributed by atoms with Gasteiger partial charge in [0.2, 0.25) is 5.89 Å². The highest BCUT2D eigenvalue weighted by Crippen LogP contribution is 2.37. The minimum atomic E-state index is -0.694. The van der Waals surface area contributed by atoms with Crippen LogP contribution in [0.1, 0.15) is 30.1 Å². The van der Waals surface area contributed by atoms with Gasteiger partial charge in [0.15, 0.2) is 0 Å². The molecule has 4 rings (SSSR count). The van der Waals surface area contributed by atoms with Crippen LogP contribution in [-0.2, 0) is 9.59 Å². The molecule has 0 unspecified atom stereocenters. The largest absolute Gasteiger partial charge is 0.441 e. The Morgan fingerprint density at radius 2 is 1.86 bits per heavy atom. The van der Waals surface area contributed by atoms with Gasteiger partial charge < -0.3 is 15.1 Å². The molecule has 6 nitrogen and oxygen atoms in total. The van der Waals surface area contributed by atoms with Crippen LogP contribution in [0, 0.1) is 6.92 Å². The monoisotopic (exact) mass is 409 g/mol. The van der Waals surface area contributed by atoms with E-state index in [2.05, 4.69) is 15.6 Å². The highest BCUT2D eigenvalue weighted by atomic mass is 35.5. The van der Waals surface area contributed by atoms with Gasteiger partial charge in [0.1, 0.15) is 5.76 Å². The van der Waals surface area contributed by atoms with E-state index in [0.29, 0.717) is 28.3 Å². The number of anilines is 1. The van der Waals surface area contributed by atoms with Gasteiger partial charge in [0.25, 0.3) is 0 Å². The topological polar surface area (TPSA) is 84.2 Å². The van der Waals surface area contributed by atoms with Gasteiger partial charge >= 0.3 is 11.8 Å². The second-order valence-corrected chi connectivity index (χ2v) is 7.64. The summed E-state index contributed by atoms with van der Waals surface area (Å²) < 4.78 is 5.49. The van der Waals surface area contributed by atoms with E-state index in [1.54, 1.807) is 24.4 Å². The van der Waals surface area contributed by atoms with E-state index in [0.717, 1.165) is 18.4 Å². The van der Waals surface area contributed by atoms with Crippen LogP contribution >= 0.6 is 11.6 Å². The maximum absolute atomic E-state index is 12.3. The Hall–Kier alpha value is -3.12. The van der Waals surface area contributed by atoms with Crippen LogP contribution in [0.2, 0.25) is 5.02 Å². The summed E-state index contributed by atoms with van der Waals surface area (Å²) in [6.07, 6.45) is 3.24. The first-order valence-corrected chi connectivity index (χ1v) is 9.76. The van der Waals surface area contributed by atoms with E-state index in [-0.39, 0.29) is 6.04 Å². The van der Waals surface area contributed by atoms with E-state index in [9.17, 15) is 9.59 Å². The van der Waals surface area contributed by atoms with Gasteiger partial charge in [0, 0.05) is 22.3 Å². The number of aryl methyl sites for hydroxylation is 1. The quantitative estimate of drug-likeness (QED) is 0.629. The van der Waals surface area contributed by atoms with E-state index >= 15 is 0 Å². The third kappa shape index (κ3) is 4.49. The van der Waals surface area contributed by atoms with Crippen molar-refractivity contribution in [3.63, 3.8) is 0 Å². The Kier molecular flexibility index (Phi) is 5.36. The van der Waals surface area contributed by atoms with E-state index in [4.69, 9.17) is 16.0 Å². The first-order valence-electron chi connectivity index (χ1n) is 9.38. The number of oxazole rings is 1. The molecule has 0 spiro atoms. The number of halogens is 1. The zero-order valence-corrected chi connectivity index (χ0v) is 16.6. The Morgan fingerprint density at radius 1 is 1.10 bits per heavy atom. The summed E-state index contributed by atoms with van der Waals surface area (Å²) in [5.74, 6) is 0.209. The molecule has 7 heteroatoms. The molecular formula is C22H20ClN3O3. The maximum Gasteiger partial charge on any atom is 0.313 e. The van der Waals surface area contributed by atoms with Gasteiger partial charge in [-0.1, -0.05) is 29.8 Å². The normalized spacial score (nSPS) is 18.0. The van der Waals surface area contributed by atoms with Crippen LogP contribution in [-0.4, -0.2) is 22.8 Å². The predicted octanol–water partition coefficient (Wildman–Crippen LogP) is 4.30. The number of amides is 2. The smallest absolute Gasteiger partial charge is 0.313 e. The minimum Gasteiger partial charge on any atom is -0.441 e. The van der Waals surface area contributed by atoms with Gasteiger partial charge in [-0.05, 0) is 61.6 Å². The molecule has 1 heterocycles. The molecule has 29 heavy (non-hydrogen) atoms. The van der Waals surface area contributed by atoms with Crippen molar-refractivity contribution in [2.75, 3.05) is 5.32 Å². The number of hydrogen-bond acceptors (Lipinski definition) is 4. The van der Waals surface area contributed by atoms with Crippen LogP contribution in [0.4, 0.5) is 5.69 Å². The van der Waals surface area contributed by atoms with Crippen LogP contribution in [0.15, 0.2) is 59.1 Å². The fraction of sp³-hybridized carbons (Fsp3) is 0.227. The Bertz CT molecular complexity index is 1040. The average molecular weight is 410 g/mol. The standard InChI is InChI=1S/C22H20ClN3O3/c1-13-12-24-22(29-13)15-3-2-4-18(9-15)25-20(27)21(28)26-19-10-16(11-19)14-5-7-17(23)8-6-14/h2-9,12,16,19H,10-11H2,1H3,(H,25,27)(H,26,28). The zero-order chi connectivity index (χ0) is 20.4. The summed E-state index contributed by atoms with van der Waals surface area (Å²) in [6.45, 7) is 1.81. The SMILES string of the molecule is Cc1cnc(-c2cccc(NC(=O)C(=O)NC3CC(c4ccc(Cl)cc4)C3)c2)o1. The van der Waals surface area contributed by atoms with Gasteiger partial charge in [-0.3, -0.25) is 9.59 Å². The molecule has 1 aliphatic carbocycles. The molecule has 1 aromatic heterocycles. The lowest BCUT2D eigenvalue weighted by Crippen LogP contribution is -2.47. The Labute approximate surface area is 173 Å². The van der Waals surface area contributed by atoms with Crippen LogP contribution in [0.25, 0.3) is 11.5 Å². The lowest BCUT2D eigenvalue weighted by molar-refractivity contribution is -0.137. The number of rotatable bonds is 4. The van der Waals surface area contributed by atoms with E-state index in [1.807, 2.05) is 37.3 Å². The number of nitrogens with one attached hydrogen (secondary N) is 2. The van der Waals surface area contributed by atoms with Crippen molar-refractivity contribution in [1.29, 1.82) is 0 Å². The van der Waals surface area contributed by atoms with Crippen molar-refractivity contribution in [3.05, 3.63) is 71.1 Å². The van der Waals surface area contributed by atoms with Gasteiger partial charge in [-0.2, -0.15) is 0 Å². The Balaban J connectivity index is 1.30. The molecule has 0 saturated heterocycles. The van der Waals surface area contributed by atoms with Crippen molar-refractivity contribution < 1.29 is 14.0 Å². The molecule has 0 atom stereocenters. The molecule has 0 bridgehead atoms. The molecule has 2 N–H and O–H groups in total. The molecule has 0 radical (unpaired) electrons. The van der Waals surface area contributed by atoms with Crippen molar-refractivity contribution in [2.45, 2.75) is 31.7 Å². The molecule has 0 aliphatic heterocycles. The summed E-state index contributed by atoms with van der Waals surface area (Å²) in [7, 11) is 0. The molecule has 3 aromatic rings. The van der Waals surface area contributed by atoms with Gasteiger partial charge in [-0.25, -0.2) is 4.98 Å². The van der Waals surface area contributed by atoms with Crippen molar-refractivity contribution in [3.8, 4) is 11.5 Å². The number of hydrogen-bond donors (Lipinski definition) is 2. The molecule has 1 saturated carbocycles. The van der Waals surface area contributed by atoms with Gasteiger partial charge in [-0.15, -0.1) is 0 Å². The molecular weight excluding hydrogens is 390 g/mol. The molecule has 2 aromatic carbocycles. The molecule has 148 valence electrons. The first kappa shape index (κ1) is 19.2. The molecule has 1 aliphatic rings. The summed E-state index contributed by atoms with van der Waals surface area (Å²) in [5, 5.41) is 6.12. The summed E-state index contributed by atoms with van der Waals surface area (Å²) in [6, 6.07) is 14.8. The van der Waals surface area contributed by atoms with Crippen molar-refractivity contribution in [1.82, 2.24) is 10.3 Å². The third-order valence-electron chi connectivity index (χ3n) is 5.01. The van der Waals surface area contributed by atoms with E-state index < -0.39 is 11.8 Å². The fourth-order valence-electron chi connectivity index (χ4n) is 3.40. The number of nitrogens with zero attached hydrogens (tertiary/aromatic N) is 1. The van der Waals surface area contributed by atoms with Crippen LogP contribution < -0.4 is 10.6 Å². The third-order valence-corrected chi connectivity index (χ3v) is 5.26. The Morgan fingerprint density at radius 3 is 2.55 bits per heavy atom. The number of carbonyl (C=O) groups excluding carboxylic acids is 2. The summed E-state index contributed by atoms with van der Waals surface area (Å²) in [4.78, 5) is 28.6. The lowest BCUT2D eigenvalue weighted by atomic mass is 9.76. The van der Waals surface area contributed by atoms with Crippen molar-refractivity contribution >= 4 is 29.1 Å². The zero-order valence-electron chi connectivity index (χ0n) is 15.8. The van der Waals surface area contributed by atoms with E-state index in [1.165, 1.54) is 5.56 Å². The van der Waals surface area contributed by atoms with Crippen LogP contribution in [0.3, 0.4) is 0 Å². The van der Waals surface area contributed by atoms with Gasteiger partial charge in [0.05, 0.1) is 6.20 Å². The summed E-state index contributed by atoms with van der Waals surface area (Å²) >= 11 is 5.91. The highest BCUT2D eigenvalue weighted by molar-refractivity contribution is 6.39. The second-order valence-electron chi connectivity index (χ2n) is 7.20. The predicted molar refractivity (Wildman–Crippen MR) is 111 cm³/mol. The highest BCUT2D eigenvalue weighted by Gasteiger charge is 2.32. The first-order chi connectivity index (χ1) is 14.0. The molecule has 2 amide bonds. The number of benzene rings is 2. The molecule has 1 fully saturated rings.